The second kappa shape index (κ2) is 7.14. The van der Waals surface area contributed by atoms with Crippen LogP contribution in [0.2, 0.25) is 0 Å². The summed E-state index contributed by atoms with van der Waals surface area (Å²) >= 11 is 1.34. The Morgan fingerprint density at radius 1 is 1.48 bits per heavy atom. The minimum Gasteiger partial charge on any atom is -0.370 e. The number of aryl methyl sites for hydroxylation is 1. The first-order valence-electron chi connectivity index (χ1n) is 7.70. The average Bonchev–Trinajstić information content (AvgIpc) is 3.20. The smallest absolute Gasteiger partial charge is 0.237 e. The number of hydrogen-bond donors (Lipinski definition) is 2. The molecule has 1 aromatic heterocycles. The molecule has 1 amide bonds. The molecule has 1 aromatic carbocycles. The van der Waals surface area contributed by atoms with Crippen LogP contribution in [0.4, 0.5) is 5.69 Å². The van der Waals surface area contributed by atoms with Crippen LogP contribution in [-0.2, 0) is 9.53 Å². The first kappa shape index (κ1) is 16.0. The molecule has 7 heteroatoms. The third-order valence-electron chi connectivity index (χ3n) is 3.77. The van der Waals surface area contributed by atoms with Crippen molar-refractivity contribution in [3.05, 3.63) is 35.7 Å². The maximum absolute atomic E-state index is 12.3. The number of aromatic amines is 1. The van der Waals surface area contributed by atoms with E-state index in [-0.39, 0.29) is 17.3 Å². The molecule has 1 aliphatic rings. The minimum atomic E-state index is -0.289. The van der Waals surface area contributed by atoms with Crippen LogP contribution < -0.4 is 5.32 Å². The zero-order valence-electron chi connectivity index (χ0n) is 13.2. The number of para-hydroxylation sites is 1. The van der Waals surface area contributed by atoms with Gasteiger partial charge in [-0.25, -0.2) is 4.98 Å². The fourth-order valence-electron chi connectivity index (χ4n) is 2.41. The van der Waals surface area contributed by atoms with E-state index in [9.17, 15) is 4.79 Å². The lowest BCUT2D eigenvalue weighted by Gasteiger charge is -2.11. The SMILES string of the molecule is Cc1ccccc1NC(=O)[C@@H](C)Sc1n[nH]c([C@@H]2CCCO2)n1. The van der Waals surface area contributed by atoms with Crippen LogP contribution in [0.1, 0.15) is 37.3 Å². The van der Waals surface area contributed by atoms with E-state index in [2.05, 4.69) is 20.5 Å². The van der Waals surface area contributed by atoms with Gasteiger partial charge in [-0.15, -0.1) is 5.10 Å². The van der Waals surface area contributed by atoms with Gasteiger partial charge in [-0.05, 0) is 38.3 Å². The molecule has 0 radical (unpaired) electrons. The first-order chi connectivity index (χ1) is 11.1. The van der Waals surface area contributed by atoms with Gasteiger partial charge in [0.2, 0.25) is 11.1 Å². The van der Waals surface area contributed by atoms with Gasteiger partial charge in [0.1, 0.15) is 6.10 Å². The monoisotopic (exact) mass is 332 g/mol. The fraction of sp³-hybridized carbons (Fsp3) is 0.438. The Morgan fingerprint density at radius 3 is 3.04 bits per heavy atom. The van der Waals surface area contributed by atoms with Gasteiger partial charge in [0.05, 0.1) is 5.25 Å². The van der Waals surface area contributed by atoms with E-state index in [4.69, 9.17) is 4.74 Å². The van der Waals surface area contributed by atoms with Crippen LogP contribution in [0.5, 0.6) is 0 Å². The van der Waals surface area contributed by atoms with Gasteiger partial charge >= 0.3 is 0 Å². The third kappa shape index (κ3) is 3.92. The van der Waals surface area contributed by atoms with Gasteiger partial charge in [0.25, 0.3) is 0 Å². The van der Waals surface area contributed by atoms with Crippen molar-refractivity contribution in [3.8, 4) is 0 Å². The summed E-state index contributed by atoms with van der Waals surface area (Å²) in [6, 6.07) is 7.72. The van der Waals surface area contributed by atoms with Crippen LogP contribution in [0.3, 0.4) is 0 Å². The Bertz CT molecular complexity index is 682. The Kier molecular flexibility index (Phi) is 4.97. The molecule has 0 unspecified atom stereocenters. The topological polar surface area (TPSA) is 79.9 Å². The van der Waals surface area contributed by atoms with Gasteiger partial charge in [-0.2, -0.15) is 0 Å². The Labute approximate surface area is 139 Å². The number of rotatable bonds is 5. The molecule has 0 bridgehead atoms. The maximum atomic E-state index is 12.3. The Morgan fingerprint density at radius 2 is 2.30 bits per heavy atom. The Hall–Kier alpha value is -1.86. The molecular formula is C16H20N4O2S. The quantitative estimate of drug-likeness (QED) is 0.823. The highest BCUT2D eigenvalue weighted by molar-refractivity contribution is 8.00. The predicted molar refractivity (Wildman–Crippen MR) is 89.4 cm³/mol. The van der Waals surface area contributed by atoms with Gasteiger partial charge in [0, 0.05) is 12.3 Å². The van der Waals surface area contributed by atoms with Crippen molar-refractivity contribution >= 4 is 23.4 Å². The number of hydrogen-bond acceptors (Lipinski definition) is 5. The van der Waals surface area contributed by atoms with Crippen molar-refractivity contribution in [1.82, 2.24) is 15.2 Å². The molecule has 0 saturated carbocycles. The lowest BCUT2D eigenvalue weighted by atomic mass is 10.2. The number of amides is 1. The highest BCUT2D eigenvalue weighted by Gasteiger charge is 2.23. The van der Waals surface area contributed by atoms with Crippen molar-refractivity contribution < 1.29 is 9.53 Å². The van der Waals surface area contributed by atoms with Gasteiger partial charge in [0.15, 0.2) is 5.82 Å². The van der Waals surface area contributed by atoms with Gasteiger partial charge in [-0.1, -0.05) is 30.0 Å². The summed E-state index contributed by atoms with van der Waals surface area (Å²) in [4.78, 5) is 16.7. The largest absolute Gasteiger partial charge is 0.370 e. The second-order valence-corrected chi connectivity index (χ2v) is 6.88. The van der Waals surface area contributed by atoms with Gasteiger partial charge in [-0.3, -0.25) is 9.89 Å². The van der Waals surface area contributed by atoms with E-state index < -0.39 is 0 Å². The molecule has 2 aromatic rings. The number of aromatic nitrogens is 3. The van der Waals surface area contributed by atoms with E-state index in [1.807, 2.05) is 38.1 Å². The lowest BCUT2D eigenvalue weighted by Crippen LogP contribution is -2.22. The van der Waals surface area contributed by atoms with E-state index >= 15 is 0 Å². The molecule has 2 heterocycles. The molecular weight excluding hydrogens is 312 g/mol. The van der Waals surface area contributed by atoms with Crippen molar-refractivity contribution in [3.63, 3.8) is 0 Å². The normalized spacial score (nSPS) is 18.8. The number of H-pyrrole nitrogens is 1. The number of thioether (sulfide) groups is 1. The number of nitrogens with zero attached hydrogens (tertiary/aromatic N) is 2. The Balaban J connectivity index is 1.59. The number of carbonyl (C=O) groups is 1. The molecule has 2 N–H and O–H groups in total. The number of ether oxygens (including phenoxy) is 1. The van der Waals surface area contributed by atoms with Crippen LogP contribution >= 0.6 is 11.8 Å². The first-order valence-corrected chi connectivity index (χ1v) is 8.58. The summed E-state index contributed by atoms with van der Waals surface area (Å²) in [6.45, 7) is 4.58. The number of anilines is 1. The molecule has 1 aliphatic heterocycles. The summed E-state index contributed by atoms with van der Waals surface area (Å²) in [5.41, 5.74) is 1.87. The van der Waals surface area contributed by atoms with Gasteiger partial charge < -0.3 is 10.1 Å². The number of carbonyl (C=O) groups excluding carboxylic acids is 1. The third-order valence-corrected chi connectivity index (χ3v) is 4.73. The van der Waals surface area contributed by atoms with Crippen LogP contribution in [0.25, 0.3) is 0 Å². The van der Waals surface area contributed by atoms with Crippen molar-refractivity contribution in [2.24, 2.45) is 0 Å². The van der Waals surface area contributed by atoms with Crippen LogP contribution in [-0.4, -0.2) is 32.9 Å². The molecule has 1 saturated heterocycles. The molecule has 0 aliphatic carbocycles. The lowest BCUT2D eigenvalue weighted by molar-refractivity contribution is -0.115. The van der Waals surface area contributed by atoms with E-state index in [0.717, 1.165) is 36.5 Å². The number of nitrogens with one attached hydrogen (secondary N) is 2. The standard InChI is InChI=1S/C16H20N4O2S/c1-10-6-3-4-7-12(10)17-15(21)11(2)23-16-18-14(19-20-16)13-8-5-9-22-13/h3-4,6-7,11,13H,5,8-9H2,1-2H3,(H,17,21)(H,18,19,20)/t11-,13+/m1/s1. The summed E-state index contributed by atoms with van der Waals surface area (Å²) < 4.78 is 5.57. The zero-order valence-corrected chi connectivity index (χ0v) is 14.0. The highest BCUT2D eigenvalue weighted by atomic mass is 32.2. The zero-order chi connectivity index (χ0) is 16.2. The van der Waals surface area contributed by atoms with E-state index in [0.29, 0.717) is 5.16 Å². The van der Waals surface area contributed by atoms with Crippen molar-refractivity contribution in [2.75, 3.05) is 11.9 Å². The van der Waals surface area contributed by atoms with Crippen molar-refractivity contribution in [1.29, 1.82) is 0 Å². The molecule has 122 valence electrons. The fourth-order valence-corrected chi connectivity index (χ4v) is 3.14. The predicted octanol–water partition coefficient (Wildman–Crippen LogP) is 3.08. The van der Waals surface area contributed by atoms with Crippen molar-refractivity contribution in [2.45, 2.75) is 43.2 Å². The summed E-state index contributed by atoms with van der Waals surface area (Å²) in [7, 11) is 0. The van der Waals surface area contributed by atoms with Crippen LogP contribution in [0, 0.1) is 6.92 Å². The molecule has 0 spiro atoms. The van der Waals surface area contributed by atoms with E-state index in [1.165, 1.54) is 11.8 Å². The summed E-state index contributed by atoms with van der Waals surface area (Å²) in [5.74, 6) is 0.685. The molecule has 23 heavy (non-hydrogen) atoms. The molecule has 2 atom stereocenters. The van der Waals surface area contributed by atoms with Crippen LogP contribution in [0.15, 0.2) is 29.4 Å². The summed E-state index contributed by atoms with van der Waals surface area (Å²) in [6.07, 6.45) is 2.01. The molecule has 6 nitrogen and oxygen atoms in total. The average molecular weight is 332 g/mol. The molecule has 1 fully saturated rings. The minimum absolute atomic E-state index is 0.00736. The van der Waals surface area contributed by atoms with E-state index in [1.54, 1.807) is 0 Å². The second-order valence-electron chi connectivity index (χ2n) is 5.57. The highest BCUT2D eigenvalue weighted by Crippen LogP contribution is 2.28. The number of benzene rings is 1. The maximum Gasteiger partial charge on any atom is 0.237 e. The summed E-state index contributed by atoms with van der Waals surface area (Å²) in [5, 5.41) is 10.3. The molecule has 3 rings (SSSR count).